The molecule has 1 heterocycles. The van der Waals surface area contributed by atoms with Crippen molar-refractivity contribution in [2.24, 2.45) is 0 Å². The lowest BCUT2D eigenvalue weighted by atomic mass is 9.89. The zero-order valence-corrected chi connectivity index (χ0v) is 12.8. The summed E-state index contributed by atoms with van der Waals surface area (Å²) in [6.45, 7) is 2.14. The molecule has 2 bridgehead atoms. The second-order valence-electron chi connectivity index (χ2n) is 6.88. The average molecular weight is 285 g/mol. The SMILES string of the molecule is Cc1ccc(-c2nc3c(c4ccccc24)C2CCC3C2)cc1. The van der Waals surface area contributed by atoms with Crippen molar-refractivity contribution in [2.75, 3.05) is 0 Å². The van der Waals surface area contributed by atoms with Gasteiger partial charge in [0.25, 0.3) is 0 Å². The molecule has 2 aliphatic rings. The minimum Gasteiger partial charge on any atom is -0.252 e. The molecule has 1 fully saturated rings. The third-order valence-corrected chi connectivity index (χ3v) is 5.53. The van der Waals surface area contributed by atoms with Gasteiger partial charge >= 0.3 is 0 Å². The van der Waals surface area contributed by atoms with Crippen LogP contribution in [0.4, 0.5) is 0 Å². The second kappa shape index (κ2) is 4.42. The van der Waals surface area contributed by atoms with Crippen molar-refractivity contribution >= 4 is 10.8 Å². The quantitative estimate of drug-likeness (QED) is 0.569. The molecule has 0 saturated heterocycles. The molecule has 2 aliphatic carbocycles. The maximum atomic E-state index is 5.16. The van der Waals surface area contributed by atoms with Crippen molar-refractivity contribution in [2.45, 2.75) is 38.0 Å². The van der Waals surface area contributed by atoms with E-state index in [1.165, 1.54) is 52.5 Å². The fourth-order valence-electron chi connectivity index (χ4n) is 4.47. The van der Waals surface area contributed by atoms with E-state index in [0.29, 0.717) is 5.92 Å². The van der Waals surface area contributed by atoms with Crippen LogP contribution in [0.15, 0.2) is 48.5 Å². The first-order chi connectivity index (χ1) is 10.8. The van der Waals surface area contributed by atoms with Crippen LogP contribution < -0.4 is 0 Å². The number of aromatic nitrogens is 1. The van der Waals surface area contributed by atoms with Crippen LogP contribution in [0.3, 0.4) is 0 Å². The number of fused-ring (bicyclic) bond motifs is 7. The molecule has 2 aromatic carbocycles. The Balaban J connectivity index is 1.84. The molecular formula is C21H19N. The summed E-state index contributed by atoms with van der Waals surface area (Å²) in [5.41, 5.74) is 6.66. The number of pyridine rings is 1. The van der Waals surface area contributed by atoms with Crippen molar-refractivity contribution in [3.63, 3.8) is 0 Å². The Morgan fingerprint density at radius 3 is 2.41 bits per heavy atom. The van der Waals surface area contributed by atoms with Gasteiger partial charge in [-0.15, -0.1) is 0 Å². The zero-order chi connectivity index (χ0) is 14.7. The number of aryl methyl sites for hydroxylation is 1. The molecule has 1 saturated carbocycles. The van der Waals surface area contributed by atoms with Gasteiger partial charge in [0.05, 0.1) is 5.69 Å². The molecule has 108 valence electrons. The molecule has 0 radical (unpaired) electrons. The van der Waals surface area contributed by atoms with Crippen LogP contribution in [0, 0.1) is 6.92 Å². The van der Waals surface area contributed by atoms with Crippen molar-refractivity contribution in [3.05, 3.63) is 65.4 Å². The molecule has 0 aliphatic heterocycles. The standard InChI is InChI=1S/C21H19N/c1-13-6-8-14(9-7-13)20-18-5-3-2-4-17(18)19-15-10-11-16(12-15)21(19)22-20/h2-9,15-16H,10-12H2,1H3. The number of nitrogens with zero attached hydrogens (tertiary/aromatic N) is 1. The van der Waals surface area contributed by atoms with Crippen LogP contribution in [0.5, 0.6) is 0 Å². The first-order valence-electron chi connectivity index (χ1n) is 8.31. The van der Waals surface area contributed by atoms with Gasteiger partial charge in [0.15, 0.2) is 0 Å². The van der Waals surface area contributed by atoms with E-state index in [1.807, 2.05) is 0 Å². The highest BCUT2D eigenvalue weighted by molar-refractivity contribution is 5.97. The van der Waals surface area contributed by atoms with Crippen LogP contribution in [0.25, 0.3) is 22.0 Å². The molecule has 5 rings (SSSR count). The Hall–Kier alpha value is -2.15. The lowest BCUT2D eigenvalue weighted by Gasteiger charge is -2.19. The minimum absolute atomic E-state index is 0.703. The van der Waals surface area contributed by atoms with Gasteiger partial charge < -0.3 is 0 Å². The summed E-state index contributed by atoms with van der Waals surface area (Å²) in [6.07, 6.45) is 4.01. The maximum Gasteiger partial charge on any atom is 0.0783 e. The van der Waals surface area contributed by atoms with Gasteiger partial charge in [-0.05, 0) is 43.1 Å². The number of benzene rings is 2. The van der Waals surface area contributed by atoms with Crippen molar-refractivity contribution in [1.29, 1.82) is 0 Å². The van der Waals surface area contributed by atoms with Crippen LogP contribution >= 0.6 is 0 Å². The summed E-state index contributed by atoms with van der Waals surface area (Å²) >= 11 is 0. The molecule has 3 aromatic rings. The molecule has 1 nitrogen and oxygen atoms in total. The number of rotatable bonds is 1. The van der Waals surface area contributed by atoms with Crippen LogP contribution in [0.2, 0.25) is 0 Å². The van der Waals surface area contributed by atoms with Gasteiger partial charge in [0.2, 0.25) is 0 Å². The van der Waals surface area contributed by atoms with Gasteiger partial charge in [-0.3, -0.25) is 4.98 Å². The summed E-state index contributed by atoms with van der Waals surface area (Å²) < 4.78 is 0. The normalized spacial score (nSPS) is 22.2. The van der Waals surface area contributed by atoms with Gasteiger partial charge in [0, 0.05) is 22.6 Å². The summed E-state index contributed by atoms with van der Waals surface area (Å²) in [5, 5.41) is 2.76. The summed E-state index contributed by atoms with van der Waals surface area (Å²) in [6, 6.07) is 17.6. The van der Waals surface area contributed by atoms with E-state index in [-0.39, 0.29) is 0 Å². The van der Waals surface area contributed by atoms with E-state index < -0.39 is 0 Å². The fourth-order valence-corrected chi connectivity index (χ4v) is 4.47. The topological polar surface area (TPSA) is 12.9 Å². The predicted octanol–water partition coefficient (Wildman–Crippen LogP) is 5.57. The largest absolute Gasteiger partial charge is 0.252 e. The Bertz CT molecular complexity index is 876. The van der Waals surface area contributed by atoms with E-state index in [4.69, 9.17) is 4.98 Å². The lowest BCUT2D eigenvalue weighted by molar-refractivity contribution is 0.702. The molecule has 0 spiro atoms. The van der Waals surface area contributed by atoms with Crippen molar-refractivity contribution < 1.29 is 0 Å². The number of hydrogen-bond acceptors (Lipinski definition) is 1. The second-order valence-corrected chi connectivity index (χ2v) is 6.88. The molecule has 1 heteroatoms. The number of hydrogen-bond donors (Lipinski definition) is 0. The van der Waals surface area contributed by atoms with Gasteiger partial charge in [-0.2, -0.15) is 0 Å². The molecule has 2 atom stereocenters. The molecule has 1 aromatic heterocycles. The maximum absolute atomic E-state index is 5.16. The van der Waals surface area contributed by atoms with E-state index >= 15 is 0 Å². The predicted molar refractivity (Wildman–Crippen MR) is 91.2 cm³/mol. The van der Waals surface area contributed by atoms with Crippen LogP contribution in [-0.4, -0.2) is 4.98 Å². The molecule has 2 unspecified atom stereocenters. The van der Waals surface area contributed by atoms with E-state index in [2.05, 4.69) is 55.5 Å². The molecular weight excluding hydrogens is 266 g/mol. The summed E-state index contributed by atoms with van der Waals surface area (Å²) in [4.78, 5) is 5.16. The van der Waals surface area contributed by atoms with E-state index in [0.717, 1.165) is 5.92 Å². The Kier molecular flexibility index (Phi) is 2.49. The van der Waals surface area contributed by atoms with Crippen molar-refractivity contribution in [1.82, 2.24) is 4.98 Å². The third kappa shape index (κ3) is 1.62. The average Bonchev–Trinajstić information content (AvgIpc) is 3.17. The zero-order valence-electron chi connectivity index (χ0n) is 12.8. The monoisotopic (exact) mass is 285 g/mol. The Morgan fingerprint density at radius 1 is 0.864 bits per heavy atom. The highest BCUT2D eigenvalue weighted by Gasteiger charge is 2.39. The van der Waals surface area contributed by atoms with Gasteiger partial charge in [-0.1, -0.05) is 54.1 Å². The highest BCUT2D eigenvalue weighted by atomic mass is 14.8. The molecule has 22 heavy (non-hydrogen) atoms. The first-order valence-corrected chi connectivity index (χ1v) is 8.31. The summed E-state index contributed by atoms with van der Waals surface area (Å²) in [7, 11) is 0. The fraction of sp³-hybridized carbons (Fsp3) is 0.286. The van der Waals surface area contributed by atoms with Crippen LogP contribution in [-0.2, 0) is 0 Å². The highest BCUT2D eigenvalue weighted by Crippen LogP contribution is 2.55. The molecule has 0 N–H and O–H groups in total. The van der Waals surface area contributed by atoms with E-state index in [9.17, 15) is 0 Å². The van der Waals surface area contributed by atoms with Crippen molar-refractivity contribution in [3.8, 4) is 11.3 Å². The smallest absolute Gasteiger partial charge is 0.0783 e. The Morgan fingerprint density at radius 2 is 1.59 bits per heavy atom. The molecule has 0 amide bonds. The van der Waals surface area contributed by atoms with Gasteiger partial charge in [0.1, 0.15) is 0 Å². The first kappa shape index (κ1) is 12.4. The Labute approximate surface area is 131 Å². The third-order valence-electron chi connectivity index (χ3n) is 5.53. The van der Waals surface area contributed by atoms with E-state index in [1.54, 1.807) is 5.56 Å². The minimum atomic E-state index is 0.703. The van der Waals surface area contributed by atoms with Gasteiger partial charge in [-0.25, -0.2) is 0 Å². The lowest BCUT2D eigenvalue weighted by Crippen LogP contribution is -2.04. The summed E-state index contributed by atoms with van der Waals surface area (Å²) in [5.74, 6) is 1.46. The van der Waals surface area contributed by atoms with Crippen LogP contribution in [0.1, 0.15) is 47.9 Å².